The molecule has 6 heteroatoms. The van der Waals surface area contributed by atoms with Gasteiger partial charge in [0.1, 0.15) is 0 Å². The van der Waals surface area contributed by atoms with Gasteiger partial charge in [-0.1, -0.05) is 37.6 Å². The highest BCUT2D eigenvalue weighted by Crippen LogP contribution is 2.28. The molecule has 0 aromatic heterocycles. The second-order valence-electron chi connectivity index (χ2n) is 5.23. The van der Waals surface area contributed by atoms with Gasteiger partial charge < -0.3 is 10.00 Å². The van der Waals surface area contributed by atoms with Crippen molar-refractivity contribution in [1.82, 2.24) is 0 Å². The van der Waals surface area contributed by atoms with Gasteiger partial charge in [-0.15, -0.1) is 0 Å². The normalized spacial score (nSPS) is 14.1. The first-order chi connectivity index (χ1) is 8.70. The third kappa shape index (κ3) is 4.97. The predicted octanol–water partition coefficient (Wildman–Crippen LogP) is 2.69. The molecule has 5 nitrogen and oxygen atoms in total. The van der Waals surface area contributed by atoms with Crippen molar-refractivity contribution in [2.75, 3.05) is 0 Å². The lowest BCUT2D eigenvalue weighted by atomic mass is 9.87. The van der Waals surface area contributed by atoms with Gasteiger partial charge in [-0.2, -0.15) is 0 Å². The van der Waals surface area contributed by atoms with Crippen molar-refractivity contribution in [1.29, 1.82) is 0 Å². The van der Waals surface area contributed by atoms with E-state index in [1.165, 1.54) is 6.92 Å². The van der Waals surface area contributed by atoms with E-state index in [0.717, 1.165) is 5.56 Å². The van der Waals surface area contributed by atoms with Crippen LogP contribution in [0.1, 0.15) is 33.3 Å². The molecule has 0 amide bonds. The topological polar surface area (TPSA) is 82.0 Å². The summed E-state index contributed by atoms with van der Waals surface area (Å²) < 4.78 is 8.61. The van der Waals surface area contributed by atoms with E-state index >= 15 is 0 Å². The van der Waals surface area contributed by atoms with Crippen LogP contribution in [-0.2, 0) is 10.2 Å². The van der Waals surface area contributed by atoms with E-state index in [9.17, 15) is 9.69 Å². The summed E-state index contributed by atoms with van der Waals surface area (Å²) in [7, 11) is -2.37. The van der Waals surface area contributed by atoms with Gasteiger partial charge in [0.25, 0.3) is 0 Å². The van der Waals surface area contributed by atoms with E-state index in [2.05, 4.69) is 25.5 Å². The molecule has 0 saturated heterocycles. The van der Waals surface area contributed by atoms with Crippen molar-refractivity contribution < 1.29 is 19.3 Å². The predicted molar refractivity (Wildman–Crippen MR) is 72.2 cm³/mol. The zero-order chi connectivity index (χ0) is 14.6. The smallest absolute Gasteiger partial charge is 0.395 e. The molecule has 104 valence electrons. The Bertz CT molecular complexity index is 476. The fourth-order valence-corrected chi connectivity index (χ4v) is 2.05. The summed E-state index contributed by atoms with van der Waals surface area (Å²) in [6.07, 6.45) is 0. The molecule has 0 aliphatic carbocycles. The molecular formula is C13H18NO4P. The van der Waals surface area contributed by atoms with Gasteiger partial charge in [-0.3, -0.25) is 4.52 Å². The van der Waals surface area contributed by atoms with Crippen molar-refractivity contribution in [3.8, 4) is 5.75 Å². The molecule has 0 fully saturated rings. The quantitative estimate of drug-likeness (QED) is 0.861. The van der Waals surface area contributed by atoms with Crippen molar-refractivity contribution in [3.05, 3.63) is 29.8 Å². The Morgan fingerprint density at radius 1 is 1.37 bits per heavy atom. The summed E-state index contributed by atoms with van der Waals surface area (Å²) >= 11 is 0. The van der Waals surface area contributed by atoms with E-state index < -0.39 is 20.2 Å². The molecule has 0 radical (unpaired) electrons. The van der Waals surface area contributed by atoms with Crippen LogP contribution in [0.4, 0.5) is 0 Å². The number of aliphatic carboxylic acids is 1. The van der Waals surface area contributed by atoms with E-state index in [1.54, 1.807) is 12.1 Å². The Morgan fingerprint density at radius 2 is 1.89 bits per heavy atom. The van der Waals surface area contributed by atoms with Gasteiger partial charge in [-0.25, -0.2) is 4.79 Å². The highest BCUT2D eigenvalue weighted by molar-refractivity contribution is 7.34. The lowest BCUT2D eigenvalue weighted by molar-refractivity contribution is -0.169. The van der Waals surface area contributed by atoms with Crippen LogP contribution in [0.25, 0.3) is 0 Å². The molecule has 2 unspecified atom stereocenters. The molecule has 1 N–H and O–H groups in total. The number of carbonyl (C=O) groups is 1. The summed E-state index contributed by atoms with van der Waals surface area (Å²) in [5, 5.41) is 8.65. The highest BCUT2D eigenvalue weighted by Gasteiger charge is 2.16. The second kappa shape index (κ2) is 6.13. The van der Waals surface area contributed by atoms with Gasteiger partial charge in [-0.05, 0) is 30.0 Å². The van der Waals surface area contributed by atoms with Crippen LogP contribution in [0.5, 0.6) is 5.75 Å². The molecule has 2 atom stereocenters. The Labute approximate surface area is 113 Å². The minimum Gasteiger partial charge on any atom is -0.575 e. The molecule has 0 bridgehead atoms. The average Bonchev–Trinajstić information content (AvgIpc) is 2.28. The first-order valence-electron chi connectivity index (χ1n) is 5.89. The Hall–Kier alpha value is -1.45. The minimum absolute atomic E-state index is 0.0307. The van der Waals surface area contributed by atoms with Crippen LogP contribution in [0, 0.1) is 0 Å². The van der Waals surface area contributed by atoms with Crippen LogP contribution in [0.2, 0.25) is 0 Å². The SMILES string of the molecule is CC(N=[P+]([O-])Oc1ccc(C(C)(C)C)cc1)C(=O)O. The summed E-state index contributed by atoms with van der Waals surface area (Å²) in [5.41, 5.74) is 1.16. The standard InChI is InChI=1S/C13H18NO4P/c1-9(12(15)16)14-19(17)18-11-7-5-10(6-8-11)13(2,3)4/h5-9H,1-4H3,(H,15,16). The highest BCUT2D eigenvalue weighted by atomic mass is 31.1. The maximum Gasteiger partial charge on any atom is 0.395 e. The summed E-state index contributed by atoms with van der Waals surface area (Å²) in [4.78, 5) is 22.1. The summed E-state index contributed by atoms with van der Waals surface area (Å²) in [6, 6.07) is 6.14. The zero-order valence-corrected chi connectivity index (χ0v) is 12.3. The molecule has 0 aliphatic rings. The van der Waals surface area contributed by atoms with Gasteiger partial charge in [0.15, 0.2) is 11.8 Å². The van der Waals surface area contributed by atoms with Crippen LogP contribution < -0.4 is 9.42 Å². The maximum atomic E-state index is 11.5. The minimum atomic E-state index is -2.37. The first-order valence-corrected chi connectivity index (χ1v) is 7.02. The zero-order valence-electron chi connectivity index (χ0n) is 11.5. The molecule has 1 aromatic rings. The molecule has 0 aliphatic heterocycles. The van der Waals surface area contributed by atoms with E-state index in [-0.39, 0.29) is 5.41 Å². The molecular weight excluding hydrogens is 265 g/mol. The average molecular weight is 283 g/mol. The molecule has 1 rings (SSSR count). The van der Waals surface area contributed by atoms with Crippen LogP contribution in [-0.4, -0.2) is 17.1 Å². The van der Waals surface area contributed by atoms with Gasteiger partial charge in [0, 0.05) is 0 Å². The molecule has 0 spiro atoms. The number of hydrogen-bond acceptors (Lipinski definition) is 4. The monoisotopic (exact) mass is 283 g/mol. The third-order valence-corrected chi connectivity index (χ3v) is 3.43. The number of carboxylic acids is 1. The van der Waals surface area contributed by atoms with Gasteiger partial charge in [0.2, 0.25) is 0 Å². The van der Waals surface area contributed by atoms with E-state index in [1.807, 2.05) is 12.1 Å². The third-order valence-electron chi connectivity index (χ3n) is 2.53. The van der Waals surface area contributed by atoms with Crippen LogP contribution in [0.3, 0.4) is 0 Å². The van der Waals surface area contributed by atoms with Crippen molar-refractivity contribution in [2.45, 2.75) is 39.2 Å². The van der Waals surface area contributed by atoms with Gasteiger partial charge in [0.05, 0.1) is 0 Å². The van der Waals surface area contributed by atoms with Crippen molar-refractivity contribution in [2.24, 2.45) is 4.74 Å². The van der Waals surface area contributed by atoms with Gasteiger partial charge >= 0.3 is 14.1 Å². The first kappa shape index (κ1) is 15.6. The Kier molecular flexibility index (Phi) is 5.04. The number of rotatable bonds is 4. The lowest BCUT2D eigenvalue weighted by Crippen LogP contribution is -2.13. The number of nitrogens with zero attached hydrogens (tertiary/aromatic N) is 1. The molecule has 0 heterocycles. The van der Waals surface area contributed by atoms with Crippen molar-refractivity contribution in [3.63, 3.8) is 0 Å². The maximum absolute atomic E-state index is 11.5. The summed E-state index contributed by atoms with van der Waals surface area (Å²) in [5.74, 6) is -0.717. The summed E-state index contributed by atoms with van der Waals surface area (Å²) in [6.45, 7) is 7.62. The number of carboxylic acid groups (broad SMARTS) is 1. The Morgan fingerprint density at radius 3 is 2.32 bits per heavy atom. The fraction of sp³-hybridized carbons (Fsp3) is 0.462. The van der Waals surface area contributed by atoms with Crippen molar-refractivity contribution >= 4 is 14.1 Å². The second-order valence-corrected chi connectivity index (χ2v) is 6.12. The molecule has 1 aromatic carbocycles. The largest absolute Gasteiger partial charge is 0.575 e. The fourth-order valence-electron chi connectivity index (χ4n) is 1.32. The van der Waals surface area contributed by atoms with Crippen LogP contribution >= 0.6 is 8.17 Å². The number of benzene rings is 1. The molecule has 19 heavy (non-hydrogen) atoms. The Balaban J connectivity index is 2.76. The van der Waals surface area contributed by atoms with E-state index in [0.29, 0.717) is 5.75 Å². The lowest BCUT2D eigenvalue weighted by Gasteiger charge is -2.18. The molecule has 0 saturated carbocycles. The van der Waals surface area contributed by atoms with Crippen LogP contribution in [0.15, 0.2) is 29.0 Å². The van der Waals surface area contributed by atoms with E-state index in [4.69, 9.17) is 9.63 Å². The number of hydrogen-bond donors (Lipinski definition) is 1.